The lowest BCUT2D eigenvalue weighted by Gasteiger charge is -2.28. The van der Waals surface area contributed by atoms with Gasteiger partial charge in [-0.2, -0.15) is 0 Å². The first-order valence-electron chi connectivity index (χ1n) is 6.91. The van der Waals surface area contributed by atoms with Crippen molar-refractivity contribution in [3.05, 3.63) is 0 Å². The van der Waals surface area contributed by atoms with Gasteiger partial charge >= 0.3 is 0 Å². The molecule has 1 N–H and O–H groups in total. The van der Waals surface area contributed by atoms with Gasteiger partial charge in [0.05, 0.1) is 5.60 Å². The molecule has 0 aromatic heterocycles. The first-order chi connectivity index (χ1) is 7.18. The van der Waals surface area contributed by atoms with Crippen molar-refractivity contribution in [3.63, 3.8) is 0 Å². The van der Waals surface area contributed by atoms with Crippen molar-refractivity contribution in [1.82, 2.24) is 0 Å². The molecule has 0 spiro atoms. The fourth-order valence-corrected chi connectivity index (χ4v) is 2.25. The van der Waals surface area contributed by atoms with Crippen LogP contribution in [0.5, 0.6) is 0 Å². The van der Waals surface area contributed by atoms with Crippen molar-refractivity contribution in [2.75, 3.05) is 0 Å². The van der Waals surface area contributed by atoms with Gasteiger partial charge in [0.25, 0.3) is 0 Å². The van der Waals surface area contributed by atoms with Gasteiger partial charge in [-0.05, 0) is 19.3 Å². The molecule has 0 amide bonds. The minimum absolute atomic E-state index is 0.348. The molecule has 0 aliphatic rings. The van der Waals surface area contributed by atoms with Crippen LogP contribution in [0.25, 0.3) is 0 Å². The van der Waals surface area contributed by atoms with E-state index in [0.29, 0.717) is 0 Å². The lowest BCUT2D eigenvalue weighted by molar-refractivity contribution is 0.00899. The highest BCUT2D eigenvalue weighted by atomic mass is 16.3. The van der Waals surface area contributed by atoms with Crippen LogP contribution in [0.15, 0.2) is 0 Å². The molecule has 92 valence electrons. The summed E-state index contributed by atoms with van der Waals surface area (Å²) < 4.78 is 0. The van der Waals surface area contributed by atoms with E-state index in [1.165, 1.54) is 38.5 Å². The van der Waals surface area contributed by atoms with Gasteiger partial charge in [-0.25, -0.2) is 0 Å². The summed E-state index contributed by atoms with van der Waals surface area (Å²) in [5, 5.41) is 10.5. The summed E-state index contributed by atoms with van der Waals surface area (Å²) in [6.07, 6.45) is 11.5. The van der Waals surface area contributed by atoms with E-state index in [0.717, 1.165) is 25.7 Å². The van der Waals surface area contributed by atoms with Gasteiger partial charge in [0.1, 0.15) is 0 Å². The van der Waals surface area contributed by atoms with Crippen molar-refractivity contribution >= 4 is 0 Å². The van der Waals surface area contributed by atoms with Gasteiger partial charge in [0, 0.05) is 0 Å². The lowest BCUT2D eigenvalue weighted by atomic mass is 9.86. The number of hydrogen-bond donors (Lipinski definition) is 1. The predicted molar refractivity (Wildman–Crippen MR) is 68.1 cm³/mol. The van der Waals surface area contributed by atoms with Crippen LogP contribution in [-0.4, -0.2) is 10.7 Å². The Hall–Kier alpha value is -0.0400. The third-order valence-corrected chi connectivity index (χ3v) is 3.21. The maximum Gasteiger partial charge on any atom is 0.0647 e. The molecule has 0 saturated heterocycles. The number of unbranched alkanes of at least 4 members (excludes halogenated alkanes) is 4. The van der Waals surface area contributed by atoms with Crippen LogP contribution in [-0.2, 0) is 0 Å². The third-order valence-electron chi connectivity index (χ3n) is 3.21. The van der Waals surface area contributed by atoms with E-state index >= 15 is 0 Å². The summed E-state index contributed by atoms with van der Waals surface area (Å²) >= 11 is 0. The highest BCUT2D eigenvalue weighted by Gasteiger charge is 2.24. The first kappa shape index (κ1) is 15.0. The molecular formula is C14H30O. The first-order valence-corrected chi connectivity index (χ1v) is 6.91. The largest absolute Gasteiger partial charge is 0.390 e. The Morgan fingerprint density at radius 2 is 1.13 bits per heavy atom. The molecule has 0 saturated carbocycles. The fraction of sp³-hybridized carbons (Fsp3) is 1.00. The topological polar surface area (TPSA) is 20.2 Å². The molecule has 0 fully saturated rings. The molecule has 1 heteroatoms. The average Bonchev–Trinajstić information content (AvgIpc) is 2.19. The van der Waals surface area contributed by atoms with Crippen molar-refractivity contribution in [2.45, 2.75) is 90.6 Å². The minimum atomic E-state index is -0.348. The van der Waals surface area contributed by atoms with Gasteiger partial charge in [-0.1, -0.05) is 65.7 Å². The van der Waals surface area contributed by atoms with E-state index in [2.05, 4.69) is 20.8 Å². The van der Waals surface area contributed by atoms with Crippen LogP contribution >= 0.6 is 0 Å². The van der Waals surface area contributed by atoms with E-state index < -0.39 is 0 Å². The predicted octanol–water partition coefficient (Wildman–Crippen LogP) is 4.68. The highest BCUT2D eigenvalue weighted by molar-refractivity contribution is 4.77. The van der Waals surface area contributed by atoms with Crippen LogP contribution in [0.1, 0.15) is 85.0 Å². The Morgan fingerprint density at radius 3 is 1.47 bits per heavy atom. The van der Waals surface area contributed by atoms with Crippen LogP contribution in [0.2, 0.25) is 0 Å². The Labute approximate surface area is 96.3 Å². The monoisotopic (exact) mass is 214 g/mol. The van der Waals surface area contributed by atoms with Gasteiger partial charge in [0.2, 0.25) is 0 Å². The molecule has 0 aromatic carbocycles. The molecule has 0 aliphatic carbocycles. The zero-order valence-corrected chi connectivity index (χ0v) is 11.0. The van der Waals surface area contributed by atoms with Gasteiger partial charge in [0.15, 0.2) is 0 Å². The summed E-state index contributed by atoms with van der Waals surface area (Å²) in [5.74, 6) is 0. The number of hydrogen-bond acceptors (Lipinski definition) is 1. The van der Waals surface area contributed by atoms with E-state index in [-0.39, 0.29) is 5.60 Å². The van der Waals surface area contributed by atoms with E-state index in [4.69, 9.17) is 0 Å². The second-order valence-corrected chi connectivity index (χ2v) is 4.89. The van der Waals surface area contributed by atoms with E-state index in [1.54, 1.807) is 0 Å². The average molecular weight is 214 g/mol. The van der Waals surface area contributed by atoms with Crippen molar-refractivity contribution in [2.24, 2.45) is 0 Å². The molecule has 0 aromatic rings. The lowest BCUT2D eigenvalue weighted by Crippen LogP contribution is -2.28. The van der Waals surface area contributed by atoms with Gasteiger partial charge in [-0.15, -0.1) is 0 Å². The van der Waals surface area contributed by atoms with Crippen LogP contribution < -0.4 is 0 Å². The molecular weight excluding hydrogens is 184 g/mol. The smallest absolute Gasteiger partial charge is 0.0647 e. The summed E-state index contributed by atoms with van der Waals surface area (Å²) in [6, 6.07) is 0. The maximum atomic E-state index is 10.5. The molecule has 0 rings (SSSR count). The number of aliphatic hydroxyl groups is 1. The molecule has 0 bridgehead atoms. The second kappa shape index (κ2) is 9.21. The Bertz CT molecular complexity index is 121. The zero-order chi connectivity index (χ0) is 11.6. The minimum Gasteiger partial charge on any atom is -0.390 e. The van der Waals surface area contributed by atoms with Crippen molar-refractivity contribution in [3.8, 4) is 0 Å². The van der Waals surface area contributed by atoms with Crippen LogP contribution in [0.4, 0.5) is 0 Å². The van der Waals surface area contributed by atoms with Crippen LogP contribution in [0.3, 0.4) is 0 Å². The molecule has 0 atom stereocenters. The SMILES string of the molecule is CCCCCC(O)(CCC)CCCCC. The van der Waals surface area contributed by atoms with Crippen molar-refractivity contribution < 1.29 is 5.11 Å². The summed E-state index contributed by atoms with van der Waals surface area (Å²) in [7, 11) is 0. The molecule has 0 heterocycles. The summed E-state index contributed by atoms with van der Waals surface area (Å²) in [6.45, 7) is 6.61. The normalized spacial score (nSPS) is 12.0. The highest BCUT2D eigenvalue weighted by Crippen LogP contribution is 2.27. The number of rotatable bonds is 10. The molecule has 1 nitrogen and oxygen atoms in total. The van der Waals surface area contributed by atoms with Gasteiger partial charge in [-0.3, -0.25) is 0 Å². The summed E-state index contributed by atoms with van der Waals surface area (Å²) in [4.78, 5) is 0. The Kier molecular flexibility index (Phi) is 9.18. The third kappa shape index (κ3) is 7.84. The second-order valence-electron chi connectivity index (χ2n) is 4.89. The van der Waals surface area contributed by atoms with Gasteiger partial charge < -0.3 is 5.11 Å². The quantitative estimate of drug-likeness (QED) is 0.524. The standard InChI is InChI=1S/C14H30O/c1-4-7-9-12-14(15,11-6-3)13-10-8-5-2/h15H,4-13H2,1-3H3. The Balaban J connectivity index is 3.83. The van der Waals surface area contributed by atoms with E-state index in [1.807, 2.05) is 0 Å². The summed E-state index contributed by atoms with van der Waals surface area (Å²) in [5.41, 5.74) is -0.348. The Morgan fingerprint density at radius 1 is 0.667 bits per heavy atom. The molecule has 0 radical (unpaired) electrons. The molecule has 0 unspecified atom stereocenters. The van der Waals surface area contributed by atoms with E-state index in [9.17, 15) is 5.11 Å². The molecule has 0 aliphatic heterocycles. The zero-order valence-electron chi connectivity index (χ0n) is 11.0. The van der Waals surface area contributed by atoms with Crippen molar-refractivity contribution in [1.29, 1.82) is 0 Å². The maximum absolute atomic E-state index is 10.5. The fourth-order valence-electron chi connectivity index (χ4n) is 2.25. The molecule has 15 heavy (non-hydrogen) atoms. The van der Waals surface area contributed by atoms with Crippen LogP contribution in [0, 0.1) is 0 Å².